The highest BCUT2D eigenvalue weighted by atomic mass is 35.5. The largest absolute Gasteiger partial charge is 0.497 e. The summed E-state index contributed by atoms with van der Waals surface area (Å²) >= 11 is 7.35. The van der Waals surface area contributed by atoms with E-state index in [1.807, 2.05) is 12.1 Å². The number of rotatable bonds is 4. The number of fused-ring (bicyclic) bond motifs is 1. The highest BCUT2D eigenvalue weighted by molar-refractivity contribution is 7.16. The molecule has 3 aromatic rings. The van der Waals surface area contributed by atoms with Gasteiger partial charge in [-0.3, -0.25) is 9.59 Å². The Hall–Kier alpha value is -2.64. The van der Waals surface area contributed by atoms with Gasteiger partial charge in [-0.2, -0.15) is 4.99 Å². The van der Waals surface area contributed by atoms with E-state index in [1.165, 1.54) is 18.4 Å². The minimum Gasteiger partial charge on any atom is -0.497 e. The average molecular weight is 391 g/mol. The molecule has 1 heterocycles. The van der Waals surface area contributed by atoms with Gasteiger partial charge in [-0.15, -0.1) is 0 Å². The van der Waals surface area contributed by atoms with Gasteiger partial charge in [0.05, 0.1) is 35.0 Å². The molecule has 2 aromatic carbocycles. The van der Waals surface area contributed by atoms with E-state index in [1.54, 1.807) is 42.0 Å². The van der Waals surface area contributed by atoms with Crippen molar-refractivity contribution < 1.29 is 19.1 Å². The summed E-state index contributed by atoms with van der Waals surface area (Å²) in [5.74, 6) is -0.243. The molecule has 0 spiro atoms. The Labute approximate surface area is 158 Å². The van der Waals surface area contributed by atoms with Crippen LogP contribution in [0.25, 0.3) is 10.2 Å². The van der Waals surface area contributed by atoms with Gasteiger partial charge in [0.2, 0.25) is 0 Å². The number of amides is 1. The van der Waals surface area contributed by atoms with E-state index >= 15 is 0 Å². The second-order valence-corrected chi connectivity index (χ2v) is 6.69. The Morgan fingerprint density at radius 1 is 1.19 bits per heavy atom. The molecule has 0 fully saturated rings. The monoisotopic (exact) mass is 390 g/mol. The van der Waals surface area contributed by atoms with Crippen LogP contribution in [0.4, 0.5) is 0 Å². The van der Waals surface area contributed by atoms with Crippen LogP contribution in [-0.2, 0) is 16.1 Å². The molecule has 26 heavy (non-hydrogen) atoms. The fraction of sp³-hybridized carbons (Fsp3) is 0.167. The first kappa shape index (κ1) is 18.2. The SMILES string of the molecule is COC(=O)Cn1c(=NC(=O)c2ccccc2Cl)sc2cc(OC)ccc21. The fourth-order valence-corrected chi connectivity index (χ4v) is 3.67. The Balaban J connectivity index is 2.16. The van der Waals surface area contributed by atoms with Gasteiger partial charge in [0.15, 0.2) is 4.80 Å². The Morgan fingerprint density at radius 3 is 2.65 bits per heavy atom. The lowest BCUT2D eigenvalue weighted by atomic mass is 10.2. The highest BCUT2D eigenvalue weighted by Gasteiger charge is 2.14. The molecule has 0 atom stereocenters. The molecule has 0 saturated heterocycles. The predicted molar refractivity (Wildman–Crippen MR) is 99.7 cm³/mol. The second-order valence-electron chi connectivity index (χ2n) is 5.28. The zero-order chi connectivity index (χ0) is 18.7. The molecule has 1 amide bonds. The quantitative estimate of drug-likeness (QED) is 0.641. The average Bonchev–Trinajstić information content (AvgIpc) is 2.97. The van der Waals surface area contributed by atoms with Gasteiger partial charge in [-0.1, -0.05) is 35.1 Å². The van der Waals surface area contributed by atoms with E-state index in [4.69, 9.17) is 21.1 Å². The molecular weight excluding hydrogens is 376 g/mol. The number of thiazole rings is 1. The van der Waals surface area contributed by atoms with Crippen LogP contribution in [0.2, 0.25) is 5.02 Å². The summed E-state index contributed by atoms with van der Waals surface area (Å²) in [5.41, 5.74) is 1.06. The molecule has 134 valence electrons. The van der Waals surface area contributed by atoms with E-state index < -0.39 is 11.9 Å². The van der Waals surface area contributed by atoms with Crippen LogP contribution in [-0.4, -0.2) is 30.7 Å². The van der Waals surface area contributed by atoms with Crippen molar-refractivity contribution in [2.45, 2.75) is 6.54 Å². The lowest BCUT2D eigenvalue weighted by molar-refractivity contribution is -0.141. The van der Waals surface area contributed by atoms with Crippen molar-refractivity contribution >= 4 is 45.0 Å². The smallest absolute Gasteiger partial charge is 0.325 e. The number of esters is 1. The van der Waals surface area contributed by atoms with Gasteiger partial charge in [-0.05, 0) is 30.3 Å². The lowest BCUT2D eigenvalue weighted by Gasteiger charge is -2.04. The molecule has 0 aliphatic carbocycles. The Kier molecular flexibility index (Phi) is 5.39. The molecule has 1 aromatic heterocycles. The zero-order valence-corrected chi connectivity index (χ0v) is 15.6. The number of halogens is 1. The van der Waals surface area contributed by atoms with Crippen molar-refractivity contribution in [2.24, 2.45) is 4.99 Å². The summed E-state index contributed by atoms with van der Waals surface area (Å²) < 4.78 is 12.5. The van der Waals surface area contributed by atoms with Crippen molar-refractivity contribution in [1.82, 2.24) is 4.57 Å². The zero-order valence-electron chi connectivity index (χ0n) is 14.1. The Bertz CT molecular complexity index is 1050. The minimum atomic E-state index is -0.479. The van der Waals surface area contributed by atoms with Gasteiger partial charge >= 0.3 is 5.97 Å². The molecule has 6 nitrogen and oxygen atoms in total. The molecule has 0 N–H and O–H groups in total. The van der Waals surface area contributed by atoms with Crippen LogP contribution in [0.3, 0.4) is 0 Å². The molecule has 0 unspecified atom stereocenters. The first-order valence-corrected chi connectivity index (χ1v) is 8.80. The number of aromatic nitrogens is 1. The van der Waals surface area contributed by atoms with Crippen LogP contribution in [0.5, 0.6) is 5.75 Å². The number of hydrogen-bond acceptors (Lipinski definition) is 5. The van der Waals surface area contributed by atoms with E-state index in [2.05, 4.69) is 4.99 Å². The molecular formula is C18H15ClN2O4S. The van der Waals surface area contributed by atoms with Crippen molar-refractivity contribution in [2.75, 3.05) is 14.2 Å². The third-order valence-corrected chi connectivity index (χ3v) is 5.08. The third kappa shape index (κ3) is 3.63. The van der Waals surface area contributed by atoms with E-state index in [-0.39, 0.29) is 6.54 Å². The fourth-order valence-electron chi connectivity index (χ4n) is 2.39. The van der Waals surface area contributed by atoms with E-state index in [0.29, 0.717) is 21.1 Å². The predicted octanol–water partition coefficient (Wildman–Crippen LogP) is 3.28. The number of benzene rings is 2. The molecule has 0 aliphatic heterocycles. The molecule has 8 heteroatoms. The number of hydrogen-bond donors (Lipinski definition) is 0. The molecule has 3 rings (SSSR count). The number of nitrogens with zero attached hydrogens (tertiary/aromatic N) is 2. The number of carbonyl (C=O) groups excluding carboxylic acids is 2. The molecule has 0 aliphatic rings. The van der Waals surface area contributed by atoms with Crippen molar-refractivity contribution in [3.63, 3.8) is 0 Å². The van der Waals surface area contributed by atoms with Crippen LogP contribution in [0.1, 0.15) is 10.4 Å². The Morgan fingerprint density at radius 2 is 1.96 bits per heavy atom. The third-order valence-electron chi connectivity index (χ3n) is 3.71. The number of carbonyl (C=O) groups is 2. The topological polar surface area (TPSA) is 69.9 Å². The number of methoxy groups -OCH3 is 2. The maximum Gasteiger partial charge on any atom is 0.325 e. The molecule has 0 bridgehead atoms. The molecule has 0 radical (unpaired) electrons. The van der Waals surface area contributed by atoms with Gasteiger partial charge in [0.25, 0.3) is 5.91 Å². The summed E-state index contributed by atoms with van der Waals surface area (Å²) in [4.78, 5) is 28.9. The first-order chi connectivity index (χ1) is 12.5. The second kappa shape index (κ2) is 7.72. The summed E-state index contributed by atoms with van der Waals surface area (Å²) in [6.45, 7) is -0.0581. The highest BCUT2D eigenvalue weighted by Crippen LogP contribution is 2.23. The van der Waals surface area contributed by atoms with Crippen LogP contribution in [0.15, 0.2) is 47.5 Å². The standard InChI is InChI=1S/C18H15ClN2O4S/c1-24-11-7-8-14-15(9-11)26-18(21(14)10-16(22)25-2)20-17(23)12-5-3-4-6-13(12)19/h3-9H,10H2,1-2H3. The minimum absolute atomic E-state index is 0.0581. The van der Waals surface area contributed by atoms with Gasteiger partial charge in [0.1, 0.15) is 12.3 Å². The summed E-state index contributed by atoms with van der Waals surface area (Å²) in [6, 6.07) is 12.1. The van der Waals surface area contributed by atoms with Gasteiger partial charge < -0.3 is 14.0 Å². The summed E-state index contributed by atoms with van der Waals surface area (Å²) in [7, 11) is 2.88. The van der Waals surface area contributed by atoms with E-state index in [9.17, 15) is 9.59 Å². The number of ether oxygens (including phenoxy) is 2. The van der Waals surface area contributed by atoms with Crippen molar-refractivity contribution in [3.05, 3.63) is 57.9 Å². The van der Waals surface area contributed by atoms with Gasteiger partial charge in [0, 0.05) is 0 Å². The van der Waals surface area contributed by atoms with E-state index in [0.717, 1.165) is 10.2 Å². The van der Waals surface area contributed by atoms with Crippen molar-refractivity contribution in [3.8, 4) is 5.75 Å². The normalized spacial score (nSPS) is 11.6. The summed E-state index contributed by atoms with van der Waals surface area (Å²) in [5, 5.41) is 0.323. The van der Waals surface area contributed by atoms with Crippen LogP contribution in [0, 0.1) is 0 Å². The maximum atomic E-state index is 12.5. The van der Waals surface area contributed by atoms with Crippen molar-refractivity contribution in [1.29, 1.82) is 0 Å². The van der Waals surface area contributed by atoms with Crippen LogP contribution >= 0.6 is 22.9 Å². The first-order valence-electron chi connectivity index (χ1n) is 7.61. The lowest BCUT2D eigenvalue weighted by Crippen LogP contribution is -2.22. The maximum absolute atomic E-state index is 12.5. The van der Waals surface area contributed by atoms with Gasteiger partial charge in [-0.25, -0.2) is 0 Å². The van der Waals surface area contributed by atoms with Crippen LogP contribution < -0.4 is 9.54 Å². The molecule has 0 saturated carbocycles. The summed E-state index contributed by atoms with van der Waals surface area (Å²) in [6.07, 6.45) is 0.